The lowest BCUT2D eigenvalue weighted by atomic mass is 10.0. The zero-order valence-electron chi connectivity index (χ0n) is 12.8. The Morgan fingerprint density at radius 3 is 2.70 bits per heavy atom. The van der Waals surface area contributed by atoms with E-state index in [0.29, 0.717) is 6.04 Å². The number of halogens is 1. The average molecular weight is 282 g/mol. The second kappa shape index (κ2) is 9.06. The minimum absolute atomic E-state index is 0.125. The summed E-state index contributed by atoms with van der Waals surface area (Å²) in [5.41, 5.74) is 7.02. The predicted octanol–water partition coefficient (Wildman–Crippen LogP) is 2.96. The topological polar surface area (TPSA) is 38.5 Å². The highest BCUT2D eigenvalue weighted by Gasteiger charge is 2.14. The number of hydrogen-bond donors (Lipinski definition) is 1. The summed E-state index contributed by atoms with van der Waals surface area (Å²) in [4.78, 5) is 2.38. The Morgan fingerprint density at radius 1 is 1.35 bits per heavy atom. The number of nitrogens with two attached hydrogens (primary N) is 1. The molecule has 0 aliphatic carbocycles. The number of hydrogen-bond acceptors (Lipinski definition) is 3. The van der Waals surface area contributed by atoms with Crippen LogP contribution in [0.1, 0.15) is 38.3 Å². The van der Waals surface area contributed by atoms with E-state index in [0.717, 1.165) is 38.1 Å². The van der Waals surface area contributed by atoms with E-state index < -0.39 is 0 Å². The summed E-state index contributed by atoms with van der Waals surface area (Å²) in [5.74, 6) is -0.226. The minimum Gasteiger partial charge on any atom is -0.383 e. The first-order valence-corrected chi connectivity index (χ1v) is 7.32. The zero-order chi connectivity index (χ0) is 15.0. The summed E-state index contributed by atoms with van der Waals surface area (Å²) in [5, 5.41) is 0. The number of rotatable bonds is 9. The van der Waals surface area contributed by atoms with Gasteiger partial charge in [0, 0.05) is 32.3 Å². The van der Waals surface area contributed by atoms with Gasteiger partial charge in [-0.1, -0.05) is 19.1 Å². The van der Waals surface area contributed by atoms with Gasteiger partial charge in [-0.2, -0.15) is 0 Å². The number of benzene rings is 1. The second-order valence-corrected chi connectivity index (χ2v) is 5.24. The molecule has 1 aromatic carbocycles. The van der Waals surface area contributed by atoms with E-state index in [1.807, 2.05) is 6.07 Å². The summed E-state index contributed by atoms with van der Waals surface area (Å²) in [6.07, 6.45) is 1.91. The molecule has 0 saturated carbocycles. The molecule has 114 valence electrons. The molecule has 0 spiro atoms. The quantitative estimate of drug-likeness (QED) is 0.757. The van der Waals surface area contributed by atoms with Crippen molar-refractivity contribution in [1.82, 2.24) is 4.90 Å². The molecular weight excluding hydrogens is 255 g/mol. The first-order valence-electron chi connectivity index (χ1n) is 7.32. The van der Waals surface area contributed by atoms with Gasteiger partial charge in [-0.05, 0) is 37.5 Å². The first-order chi connectivity index (χ1) is 9.58. The molecule has 0 saturated heterocycles. The van der Waals surface area contributed by atoms with Crippen LogP contribution in [0.4, 0.5) is 4.39 Å². The van der Waals surface area contributed by atoms with Crippen LogP contribution in [-0.4, -0.2) is 37.7 Å². The summed E-state index contributed by atoms with van der Waals surface area (Å²) in [7, 11) is 1.72. The van der Waals surface area contributed by atoms with Gasteiger partial charge in [-0.15, -0.1) is 0 Å². The van der Waals surface area contributed by atoms with Crippen molar-refractivity contribution in [2.45, 2.75) is 38.8 Å². The fourth-order valence-electron chi connectivity index (χ4n) is 2.23. The standard InChI is InChI=1S/C16H27FN2O/c1-4-13(2)19(10-11-20-3)9-8-16(18)14-6-5-7-15(17)12-14/h5-7,12-13,16H,4,8-11,18H2,1-3H3. The molecule has 3 nitrogen and oxygen atoms in total. The van der Waals surface area contributed by atoms with Crippen LogP contribution in [0.3, 0.4) is 0 Å². The van der Waals surface area contributed by atoms with Gasteiger partial charge in [0.25, 0.3) is 0 Å². The highest BCUT2D eigenvalue weighted by Crippen LogP contribution is 2.16. The van der Waals surface area contributed by atoms with Crippen molar-refractivity contribution in [3.05, 3.63) is 35.6 Å². The van der Waals surface area contributed by atoms with Crippen LogP contribution in [0.5, 0.6) is 0 Å². The first kappa shape index (κ1) is 17.1. The maximum atomic E-state index is 13.2. The van der Waals surface area contributed by atoms with Crippen molar-refractivity contribution in [3.8, 4) is 0 Å². The van der Waals surface area contributed by atoms with Crippen LogP contribution in [0.25, 0.3) is 0 Å². The van der Waals surface area contributed by atoms with Crippen LogP contribution in [0.15, 0.2) is 24.3 Å². The monoisotopic (exact) mass is 282 g/mol. The van der Waals surface area contributed by atoms with Crippen molar-refractivity contribution in [2.24, 2.45) is 5.73 Å². The molecule has 0 aromatic heterocycles. The Balaban J connectivity index is 2.53. The second-order valence-electron chi connectivity index (χ2n) is 5.24. The van der Waals surface area contributed by atoms with Crippen molar-refractivity contribution in [3.63, 3.8) is 0 Å². The number of methoxy groups -OCH3 is 1. The molecule has 1 rings (SSSR count). The summed E-state index contributed by atoms with van der Waals surface area (Å²) in [6.45, 7) is 6.91. The van der Waals surface area contributed by atoms with E-state index in [4.69, 9.17) is 10.5 Å². The Bertz CT molecular complexity index is 386. The van der Waals surface area contributed by atoms with Crippen LogP contribution in [0, 0.1) is 5.82 Å². The van der Waals surface area contributed by atoms with Crippen molar-refractivity contribution < 1.29 is 9.13 Å². The van der Waals surface area contributed by atoms with Gasteiger partial charge in [0.15, 0.2) is 0 Å². The van der Waals surface area contributed by atoms with E-state index in [1.54, 1.807) is 13.2 Å². The van der Waals surface area contributed by atoms with Crippen molar-refractivity contribution >= 4 is 0 Å². The Morgan fingerprint density at radius 2 is 2.10 bits per heavy atom. The van der Waals surface area contributed by atoms with Crippen molar-refractivity contribution in [1.29, 1.82) is 0 Å². The molecule has 0 heterocycles. The van der Waals surface area contributed by atoms with Crippen LogP contribution < -0.4 is 5.73 Å². The molecule has 2 atom stereocenters. The van der Waals surface area contributed by atoms with Gasteiger partial charge in [-0.3, -0.25) is 4.90 Å². The third kappa shape index (κ3) is 5.57. The smallest absolute Gasteiger partial charge is 0.123 e. The van der Waals surface area contributed by atoms with Crippen LogP contribution >= 0.6 is 0 Å². The lowest BCUT2D eigenvalue weighted by Gasteiger charge is -2.29. The van der Waals surface area contributed by atoms with E-state index in [2.05, 4.69) is 18.7 Å². The molecule has 4 heteroatoms. The third-order valence-corrected chi connectivity index (χ3v) is 3.80. The maximum Gasteiger partial charge on any atom is 0.123 e. The lowest BCUT2D eigenvalue weighted by molar-refractivity contribution is 0.120. The largest absolute Gasteiger partial charge is 0.383 e. The Hall–Kier alpha value is -0.970. The number of nitrogens with zero attached hydrogens (tertiary/aromatic N) is 1. The van der Waals surface area contributed by atoms with Gasteiger partial charge in [-0.25, -0.2) is 4.39 Å². The summed E-state index contributed by atoms with van der Waals surface area (Å²) in [6, 6.07) is 6.94. The number of ether oxygens (including phenoxy) is 1. The SMILES string of the molecule is CCC(C)N(CCOC)CCC(N)c1cccc(F)c1. The Kier molecular flexibility index (Phi) is 7.73. The van der Waals surface area contributed by atoms with Gasteiger partial charge in [0.2, 0.25) is 0 Å². The summed E-state index contributed by atoms with van der Waals surface area (Å²) < 4.78 is 18.3. The predicted molar refractivity (Wildman–Crippen MR) is 81.1 cm³/mol. The minimum atomic E-state index is -0.226. The molecule has 0 radical (unpaired) electrons. The molecule has 0 amide bonds. The van der Waals surface area contributed by atoms with E-state index in [9.17, 15) is 4.39 Å². The van der Waals surface area contributed by atoms with E-state index in [1.165, 1.54) is 12.1 Å². The molecule has 2 unspecified atom stereocenters. The highest BCUT2D eigenvalue weighted by atomic mass is 19.1. The van der Waals surface area contributed by atoms with Crippen LogP contribution in [-0.2, 0) is 4.74 Å². The molecule has 0 fully saturated rings. The third-order valence-electron chi connectivity index (χ3n) is 3.80. The van der Waals surface area contributed by atoms with Gasteiger partial charge >= 0.3 is 0 Å². The van der Waals surface area contributed by atoms with E-state index in [-0.39, 0.29) is 11.9 Å². The maximum absolute atomic E-state index is 13.2. The van der Waals surface area contributed by atoms with Gasteiger partial charge in [0.1, 0.15) is 5.82 Å². The lowest BCUT2D eigenvalue weighted by Crippen LogP contribution is -2.37. The molecule has 2 N–H and O–H groups in total. The fourth-order valence-corrected chi connectivity index (χ4v) is 2.23. The average Bonchev–Trinajstić information content (AvgIpc) is 2.46. The molecule has 0 bridgehead atoms. The molecule has 0 aliphatic rings. The Labute approximate surface area is 121 Å². The molecular formula is C16H27FN2O. The van der Waals surface area contributed by atoms with Crippen molar-refractivity contribution in [2.75, 3.05) is 26.8 Å². The fraction of sp³-hybridized carbons (Fsp3) is 0.625. The molecule has 0 aliphatic heterocycles. The molecule has 20 heavy (non-hydrogen) atoms. The molecule has 1 aromatic rings. The van der Waals surface area contributed by atoms with Crippen LogP contribution in [0.2, 0.25) is 0 Å². The zero-order valence-corrected chi connectivity index (χ0v) is 12.8. The normalized spacial score (nSPS) is 14.5. The van der Waals surface area contributed by atoms with Gasteiger partial charge < -0.3 is 10.5 Å². The highest BCUT2D eigenvalue weighted by molar-refractivity contribution is 5.19. The van der Waals surface area contributed by atoms with E-state index >= 15 is 0 Å². The summed E-state index contributed by atoms with van der Waals surface area (Å²) >= 11 is 0. The van der Waals surface area contributed by atoms with Gasteiger partial charge in [0.05, 0.1) is 6.61 Å².